The van der Waals surface area contributed by atoms with Crippen LogP contribution in [0.25, 0.3) is 0 Å². The third-order valence-corrected chi connectivity index (χ3v) is 5.43. The van der Waals surface area contributed by atoms with Crippen molar-refractivity contribution in [2.45, 2.75) is 52.0 Å². The maximum Gasteiger partial charge on any atom is 0.222 e. The molecule has 21 heavy (non-hydrogen) atoms. The minimum atomic E-state index is 0.0176. The third kappa shape index (κ3) is 2.92. The molecule has 1 aliphatic carbocycles. The lowest BCUT2D eigenvalue weighted by Crippen LogP contribution is -2.11. The van der Waals surface area contributed by atoms with Gasteiger partial charge in [-0.2, -0.15) is 5.10 Å². The molecule has 0 bridgehead atoms. The van der Waals surface area contributed by atoms with E-state index < -0.39 is 0 Å². The van der Waals surface area contributed by atoms with Crippen LogP contribution >= 0.6 is 22.9 Å². The highest BCUT2D eigenvalue weighted by atomic mass is 35.5. The number of nitrogens with zero attached hydrogens (tertiary/aromatic N) is 2. The zero-order valence-electron chi connectivity index (χ0n) is 12.2. The predicted molar refractivity (Wildman–Crippen MR) is 86.5 cm³/mol. The van der Waals surface area contributed by atoms with Gasteiger partial charge in [-0.25, -0.2) is 0 Å². The molecule has 2 heterocycles. The van der Waals surface area contributed by atoms with Gasteiger partial charge in [-0.1, -0.05) is 24.9 Å². The van der Waals surface area contributed by atoms with Crippen LogP contribution < -0.4 is 0 Å². The molecule has 5 heteroatoms. The first-order chi connectivity index (χ1) is 10.2. The number of carbonyl (C=O) groups is 1. The molecule has 3 nitrogen and oxygen atoms in total. The number of hydrogen-bond acceptors (Lipinski definition) is 3. The van der Waals surface area contributed by atoms with Crippen molar-refractivity contribution >= 4 is 28.7 Å². The molecular formula is C16H19ClN2OS. The van der Waals surface area contributed by atoms with E-state index in [1.807, 2.05) is 0 Å². The van der Waals surface area contributed by atoms with Crippen LogP contribution in [-0.4, -0.2) is 15.6 Å². The zero-order valence-corrected chi connectivity index (χ0v) is 13.8. The molecule has 0 saturated heterocycles. The highest BCUT2D eigenvalue weighted by molar-refractivity contribution is 7.14. The van der Waals surface area contributed by atoms with E-state index in [9.17, 15) is 4.79 Å². The Morgan fingerprint density at radius 3 is 3.00 bits per heavy atom. The van der Waals surface area contributed by atoms with Crippen molar-refractivity contribution in [3.63, 3.8) is 0 Å². The first kappa shape index (κ1) is 14.8. The number of ketones is 1. The standard InChI is InChI=1S/C16H19ClN2OS/c1-2-8-19-15(12(17)10-18-19)16(20)14-9-11-6-4-3-5-7-13(11)21-14/h9-10H,2-8H2,1H3. The van der Waals surface area contributed by atoms with E-state index in [0.29, 0.717) is 10.7 Å². The van der Waals surface area contributed by atoms with Crippen molar-refractivity contribution in [2.75, 3.05) is 0 Å². The van der Waals surface area contributed by atoms with Crippen molar-refractivity contribution in [3.05, 3.63) is 38.3 Å². The molecule has 1 aliphatic rings. The molecule has 0 amide bonds. The number of rotatable bonds is 4. The summed E-state index contributed by atoms with van der Waals surface area (Å²) in [6.07, 6.45) is 8.46. The minimum absolute atomic E-state index is 0.0176. The number of fused-ring (bicyclic) bond motifs is 1. The van der Waals surface area contributed by atoms with Gasteiger partial charge in [0.1, 0.15) is 5.69 Å². The number of aryl methyl sites for hydroxylation is 3. The van der Waals surface area contributed by atoms with Crippen LogP contribution in [0.5, 0.6) is 0 Å². The van der Waals surface area contributed by atoms with Crippen LogP contribution in [0.4, 0.5) is 0 Å². The lowest BCUT2D eigenvalue weighted by Gasteiger charge is -2.04. The van der Waals surface area contributed by atoms with Gasteiger partial charge in [-0.3, -0.25) is 9.48 Å². The first-order valence-corrected chi connectivity index (χ1v) is 8.77. The Balaban J connectivity index is 1.94. The summed E-state index contributed by atoms with van der Waals surface area (Å²) in [4.78, 5) is 15.0. The van der Waals surface area contributed by atoms with E-state index in [4.69, 9.17) is 11.6 Å². The Morgan fingerprint density at radius 2 is 2.19 bits per heavy atom. The Labute approximate surface area is 133 Å². The van der Waals surface area contributed by atoms with Crippen molar-refractivity contribution < 1.29 is 4.79 Å². The number of halogens is 1. The summed E-state index contributed by atoms with van der Waals surface area (Å²) in [5, 5.41) is 4.67. The average Bonchev–Trinajstić information content (AvgIpc) is 2.97. The molecule has 3 rings (SSSR count). The van der Waals surface area contributed by atoms with E-state index in [1.165, 1.54) is 29.7 Å². The second-order valence-electron chi connectivity index (χ2n) is 5.51. The summed E-state index contributed by atoms with van der Waals surface area (Å²) in [5.41, 5.74) is 1.90. The van der Waals surface area contributed by atoms with Gasteiger partial charge in [-0.15, -0.1) is 11.3 Å². The maximum atomic E-state index is 12.8. The zero-order chi connectivity index (χ0) is 14.8. The molecule has 2 aromatic heterocycles. The highest BCUT2D eigenvalue weighted by Crippen LogP contribution is 2.31. The lowest BCUT2D eigenvalue weighted by atomic mass is 10.1. The van der Waals surface area contributed by atoms with Crippen molar-refractivity contribution in [1.82, 2.24) is 9.78 Å². The predicted octanol–water partition coefficient (Wildman–Crippen LogP) is 4.51. The highest BCUT2D eigenvalue weighted by Gasteiger charge is 2.22. The third-order valence-electron chi connectivity index (χ3n) is 3.92. The number of aromatic nitrogens is 2. The minimum Gasteiger partial charge on any atom is -0.286 e. The normalized spacial score (nSPS) is 14.8. The molecule has 112 valence electrons. The maximum absolute atomic E-state index is 12.8. The van der Waals surface area contributed by atoms with E-state index in [2.05, 4.69) is 18.1 Å². The topological polar surface area (TPSA) is 34.9 Å². The van der Waals surface area contributed by atoms with Crippen LogP contribution in [0.15, 0.2) is 12.3 Å². The summed E-state index contributed by atoms with van der Waals surface area (Å²) < 4.78 is 1.73. The number of thiophene rings is 1. The molecule has 0 aliphatic heterocycles. The Kier molecular flexibility index (Phi) is 4.45. The van der Waals surface area contributed by atoms with Gasteiger partial charge < -0.3 is 0 Å². The largest absolute Gasteiger partial charge is 0.286 e. The fourth-order valence-corrected chi connectivity index (χ4v) is 4.29. The van der Waals surface area contributed by atoms with Crippen molar-refractivity contribution in [2.24, 2.45) is 0 Å². The molecule has 0 radical (unpaired) electrons. The van der Waals surface area contributed by atoms with Crippen molar-refractivity contribution in [1.29, 1.82) is 0 Å². The molecule has 0 N–H and O–H groups in total. The van der Waals surface area contributed by atoms with Crippen LogP contribution in [0.2, 0.25) is 5.02 Å². The van der Waals surface area contributed by atoms with E-state index >= 15 is 0 Å². The van der Waals surface area contributed by atoms with Gasteiger partial charge >= 0.3 is 0 Å². The summed E-state index contributed by atoms with van der Waals surface area (Å²) >= 11 is 7.82. The van der Waals surface area contributed by atoms with Gasteiger partial charge in [0.25, 0.3) is 0 Å². The van der Waals surface area contributed by atoms with Crippen molar-refractivity contribution in [3.8, 4) is 0 Å². The van der Waals surface area contributed by atoms with E-state index in [0.717, 1.165) is 30.7 Å². The van der Waals surface area contributed by atoms with Gasteiger partial charge in [0, 0.05) is 11.4 Å². The molecule has 0 unspecified atom stereocenters. The van der Waals surface area contributed by atoms with Gasteiger partial charge in [-0.05, 0) is 43.7 Å². The molecule has 0 spiro atoms. The van der Waals surface area contributed by atoms with E-state index in [1.54, 1.807) is 22.2 Å². The summed E-state index contributed by atoms with van der Waals surface area (Å²) in [7, 11) is 0. The monoisotopic (exact) mass is 322 g/mol. The van der Waals surface area contributed by atoms with Crippen LogP contribution in [0.1, 0.15) is 58.4 Å². The quantitative estimate of drug-likeness (QED) is 0.613. The average molecular weight is 323 g/mol. The van der Waals surface area contributed by atoms with Crippen LogP contribution in [0, 0.1) is 0 Å². The summed E-state index contributed by atoms with van der Waals surface area (Å²) in [6.45, 7) is 2.79. The summed E-state index contributed by atoms with van der Waals surface area (Å²) in [5.74, 6) is 0.0176. The van der Waals surface area contributed by atoms with Gasteiger partial charge in [0.2, 0.25) is 5.78 Å². The number of carbonyl (C=O) groups excluding carboxylic acids is 1. The Bertz CT molecular complexity index is 636. The molecule has 0 fully saturated rings. The van der Waals surface area contributed by atoms with Crippen LogP contribution in [0.3, 0.4) is 0 Å². The Hall–Kier alpha value is -1.13. The fraction of sp³-hybridized carbons (Fsp3) is 0.500. The lowest BCUT2D eigenvalue weighted by molar-refractivity contribution is 0.103. The molecular weight excluding hydrogens is 304 g/mol. The van der Waals surface area contributed by atoms with Gasteiger partial charge in [0.05, 0.1) is 16.1 Å². The second-order valence-corrected chi connectivity index (χ2v) is 7.06. The van der Waals surface area contributed by atoms with Gasteiger partial charge in [0.15, 0.2) is 0 Å². The van der Waals surface area contributed by atoms with E-state index in [-0.39, 0.29) is 5.78 Å². The summed E-state index contributed by atoms with van der Waals surface area (Å²) in [6, 6.07) is 2.08. The molecule has 0 atom stereocenters. The smallest absolute Gasteiger partial charge is 0.222 e. The number of hydrogen-bond donors (Lipinski definition) is 0. The fourth-order valence-electron chi connectivity index (χ4n) is 2.87. The van der Waals surface area contributed by atoms with Crippen LogP contribution in [-0.2, 0) is 19.4 Å². The first-order valence-electron chi connectivity index (χ1n) is 7.58. The molecule has 2 aromatic rings. The second kappa shape index (κ2) is 6.32. The molecule has 0 aromatic carbocycles. The molecule has 0 saturated carbocycles. The Morgan fingerprint density at radius 1 is 1.38 bits per heavy atom. The SMILES string of the molecule is CCCn1ncc(Cl)c1C(=O)c1cc2c(s1)CCCCC2.